The van der Waals surface area contributed by atoms with Crippen LogP contribution in [0.3, 0.4) is 0 Å². The molecule has 0 fully saturated rings. The summed E-state index contributed by atoms with van der Waals surface area (Å²) in [5.74, 6) is -0.314. The fraction of sp³-hybridized carbons (Fsp3) is 0.0500. The van der Waals surface area contributed by atoms with Gasteiger partial charge in [-0.2, -0.15) is 0 Å². The monoisotopic (exact) mass is 484 g/mol. The zero-order chi connectivity index (χ0) is 21.7. The molecule has 0 saturated carbocycles. The van der Waals surface area contributed by atoms with Crippen LogP contribution in [-0.4, -0.2) is 20.9 Å². The second-order valence-electron chi connectivity index (χ2n) is 6.02. The maximum Gasteiger partial charge on any atom is 0.262 e. The highest BCUT2D eigenvalue weighted by atomic mass is 35.5. The van der Waals surface area contributed by atoms with Crippen LogP contribution >= 0.6 is 34.8 Å². The lowest BCUT2D eigenvalue weighted by molar-refractivity contribution is -0.118. The van der Waals surface area contributed by atoms with Gasteiger partial charge in [-0.15, -0.1) is 0 Å². The van der Waals surface area contributed by atoms with E-state index >= 15 is 0 Å². The maximum absolute atomic E-state index is 12.5. The van der Waals surface area contributed by atoms with E-state index in [1.807, 2.05) is 0 Å². The summed E-state index contributed by atoms with van der Waals surface area (Å²) in [4.78, 5) is 12.0. The number of anilines is 2. The Bertz CT molecular complexity index is 1170. The second-order valence-corrected chi connectivity index (χ2v) is 8.96. The molecule has 0 aliphatic rings. The molecule has 156 valence electrons. The van der Waals surface area contributed by atoms with Gasteiger partial charge in [-0.05, 0) is 48.5 Å². The molecule has 10 heteroatoms. The molecule has 0 aliphatic carbocycles. The summed E-state index contributed by atoms with van der Waals surface area (Å²) < 4.78 is 32.8. The summed E-state index contributed by atoms with van der Waals surface area (Å²) in [6.45, 7) is -0.354. The van der Waals surface area contributed by atoms with Crippen LogP contribution in [0.1, 0.15) is 0 Å². The Hall–Kier alpha value is -2.45. The van der Waals surface area contributed by atoms with E-state index in [1.54, 1.807) is 42.5 Å². The number of ether oxygens (including phenoxy) is 1. The topological polar surface area (TPSA) is 84.5 Å². The number of nitrogens with one attached hydrogen (secondary N) is 2. The Morgan fingerprint density at radius 2 is 1.63 bits per heavy atom. The van der Waals surface area contributed by atoms with Crippen LogP contribution in [-0.2, 0) is 14.8 Å². The van der Waals surface area contributed by atoms with Crippen molar-refractivity contribution in [1.82, 2.24) is 0 Å². The Morgan fingerprint density at radius 3 is 2.30 bits per heavy atom. The molecule has 0 bridgehead atoms. The van der Waals surface area contributed by atoms with Crippen LogP contribution in [0.4, 0.5) is 11.4 Å². The zero-order valence-corrected chi connectivity index (χ0v) is 18.3. The Labute approximate surface area is 188 Å². The minimum Gasteiger partial charge on any atom is -0.482 e. The molecule has 3 rings (SSSR count). The van der Waals surface area contributed by atoms with E-state index in [0.717, 1.165) is 0 Å². The predicted octanol–water partition coefficient (Wildman–Crippen LogP) is 5.47. The number of carbonyl (C=O) groups is 1. The maximum atomic E-state index is 12.5. The van der Waals surface area contributed by atoms with E-state index in [0.29, 0.717) is 16.4 Å². The van der Waals surface area contributed by atoms with Crippen molar-refractivity contribution in [3.8, 4) is 5.75 Å². The van der Waals surface area contributed by atoms with Gasteiger partial charge in [0.05, 0.1) is 20.6 Å². The van der Waals surface area contributed by atoms with Gasteiger partial charge in [0.25, 0.3) is 15.9 Å². The van der Waals surface area contributed by atoms with E-state index in [4.69, 9.17) is 39.5 Å². The number of carbonyl (C=O) groups excluding carboxylic acids is 1. The summed E-state index contributed by atoms with van der Waals surface area (Å²) in [7, 11) is -3.83. The van der Waals surface area contributed by atoms with E-state index in [-0.39, 0.29) is 27.3 Å². The lowest BCUT2D eigenvalue weighted by Crippen LogP contribution is -2.20. The van der Waals surface area contributed by atoms with E-state index in [2.05, 4.69) is 10.0 Å². The predicted molar refractivity (Wildman–Crippen MR) is 119 cm³/mol. The molecule has 1 amide bonds. The lowest BCUT2D eigenvalue weighted by Gasteiger charge is -2.12. The Balaban J connectivity index is 1.64. The third-order valence-corrected chi connectivity index (χ3v) is 6.03. The van der Waals surface area contributed by atoms with Crippen molar-refractivity contribution in [1.29, 1.82) is 0 Å². The number of halogens is 3. The molecular weight excluding hydrogens is 471 g/mol. The van der Waals surface area contributed by atoms with Crippen LogP contribution < -0.4 is 14.8 Å². The van der Waals surface area contributed by atoms with Gasteiger partial charge in [0.15, 0.2) is 6.61 Å². The van der Waals surface area contributed by atoms with Crippen molar-refractivity contribution in [2.24, 2.45) is 0 Å². The van der Waals surface area contributed by atoms with E-state index < -0.39 is 15.9 Å². The number of hydrogen-bond acceptors (Lipinski definition) is 4. The quantitative estimate of drug-likeness (QED) is 0.465. The standard InChI is InChI=1S/C20H15Cl3N2O4S/c21-13-6-8-18(16(22)10-13)24-20(26)12-29-19-9-7-15(11-17(19)23)30(27,28)25-14-4-2-1-3-5-14/h1-11,25H,12H2,(H,24,26). The molecule has 0 aromatic heterocycles. The molecule has 0 heterocycles. The van der Waals surface area contributed by atoms with Crippen molar-refractivity contribution in [2.45, 2.75) is 4.90 Å². The molecule has 3 aromatic carbocycles. The van der Waals surface area contributed by atoms with E-state index in [9.17, 15) is 13.2 Å². The first kappa shape index (κ1) is 22.2. The fourth-order valence-corrected chi connectivity index (χ4v) is 4.25. The number of rotatable bonds is 7. The molecule has 3 aromatic rings. The van der Waals surface area contributed by atoms with Gasteiger partial charge < -0.3 is 10.1 Å². The van der Waals surface area contributed by atoms with Crippen LogP contribution in [0, 0.1) is 0 Å². The average molecular weight is 486 g/mol. The molecule has 0 saturated heterocycles. The minimum absolute atomic E-state index is 0.0406. The largest absolute Gasteiger partial charge is 0.482 e. The third-order valence-electron chi connectivity index (χ3n) is 3.80. The van der Waals surface area contributed by atoms with Gasteiger partial charge >= 0.3 is 0 Å². The first-order valence-electron chi connectivity index (χ1n) is 8.50. The van der Waals surface area contributed by atoms with Crippen molar-refractivity contribution in [3.05, 3.63) is 81.8 Å². The Morgan fingerprint density at radius 1 is 0.900 bits per heavy atom. The fourth-order valence-electron chi connectivity index (χ4n) is 2.41. The Kier molecular flexibility index (Phi) is 7.10. The highest BCUT2D eigenvalue weighted by molar-refractivity contribution is 7.92. The summed E-state index contributed by atoms with van der Waals surface area (Å²) in [5.41, 5.74) is 0.806. The van der Waals surface area contributed by atoms with Crippen molar-refractivity contribution in [3.63, 3.8) is 0 Å². The molecule has 6 nitrogen and oxygen atoms in total. The average Bonchev–Trinajstić information content (AvgIpc) is 2.69. The number of hydrogen-bond donors (Lipinski definition) is 2. The van der Waals surface area contributed by atoms with Crippen molar-refractivity contribution >= 4 is 62.1 Å². The molecule has 0 spiro atoms. The first-order valence-corrected chi connectivity index (χ1v) is 11.1. The lowest BCUT2D eigenvalue weighted by atomic mass is 10.3. The smallest absolute Gasteiger partial charge is 0.262 e. The number of para-hydroxylation sites is 1. The van der Waals surface area contributed by atoms with Crippen molar-refractivity contribution < 1.29 is 17.9 Å². The van der Waals surface area contributed by atoms with Gasteiger partial charge in [-0.25, -0.2) is 8.42 Å². The highest BCUT2D eigenvalue weighted by Gasteiger charge is 2.17. The van der Waals surface area contributed by atoms with Crippen LogP contribution in [0.15, 0.2) is 71.6 Å². The molecule has 0 atom stereocenters. The zero-order valence-electron chi connectivity index (χ0n) is 15.2. The SMILES string of the molecule is O=C(COc1ccc(S(=O)(=O)Nc2ccccc2)cc1Cl)Nc1ccc(Cl)cc1Cl. The van der Waals surface area contributed by atoms with Gasteiger partial charge in [0.1, 0.15) is 5.75 Å². The molecular formula is C20H15Cl3N2O4S. The molecule has 0 aliphatic heterocycles. The first-order chi connectivity index (χ1) is 14.2. The van der Waals surface area contributed by atoms with Crippen LogP contribution in [0.25, 0.3) is 0 Å². The third kappa shape index (κ3) is 5.79. The second kappa shape index (κ2) is 9.57. The highest BCUT2D eigenvalue weighted by Crippen LogP contribution is 2.29. The molecule has 0 unspecified atom stereocenters. The van der Waals surface area contributed by atoms with Gasteiger partial charge in [0, 0.05) is 10.7 Å². The van der Waals surface area contributed by atoms with Crippen LogP contribution in [0.2, 0.25) is 15.1 Å². The van der Waals surface area contributed by atoms with Gasteiger partial charge in [-0.1, -0.05) is 53.0 Å². The number of sulfonamides is 1. The van der Waals surface area contributed by atoms with Gasteiger partial charge in [0.2, 0.25) is 0 Å². The summed E-state index contributed by atoms with van der Waals surface area (Å²) in [6.07, 6.45) is 0. The summed E-state index contributed by atoms with van der Waals surface area (Å²) in [5, 5.41) is 3.36. The normalized spacial score (nSPS) is 11.0. The molecule has 0 radical (unpaired) electrons. The van der Waals surface area contributed by atoms with Crippen molar-refractivity contribution in [2.75, 3.05) is 16.6 Å². The molecule has 2 N–H and O–H groups in total. The van der Waals surface area contributed by atoms with Gasteiger partial charge in [-0.3, -0.25) is 9.52 Å². The molecule has 30 heavy (non-hydrogen) atoms. The van der Waals surface area contributed by atoms with E-state index in [1.165, 1.54) is 24.3 Å². The number of benzene rings is 3. The number of amides is 1. The summed E-state index contributed by atoms with van der Waals surface area (Å²) in [6, 6.07) is 17.1. The minimum atomic E-state index is -3.83. The van der Waals surface area contributed by atoms with Crippen LogP contribution in [0.5, 0.6) is 5.75 Å². The summed E-state index contributed by atoms with van der Waals surface area (Å²) >= 11 is 18.0.